The molecule has 0 amide bonds. The van der Waals surface area contributed by atoms with Gasteiger partial charge in [0.25, 0.3) is 5.56 Å². The first-order chi connectivity index (χ1) is 8.04. The Labute approximate surface area is 107 Å². The van der Waals surface area contributed by atoms with Gasteiger partial charge in [0.2, 0.25) is 5.95 Å². The second kappa shape index (κ2) is 4.65. The third-order valence-corrected chi connectivity index (χ3v) is 2.49. The zero-order valence-electron chi connectivity index (χ0n) is 8.50. The van der Waals surface area contributed by atoms with Crippen LogP contribution >= 0.6 is 23.2 Å². The van der Waals surface area contributed by atoms with Gasteiger partial charge in [0.1, 0.15) is 5.82 Å². The normalized spacial score (nSPS) is 10.2. The van der Waals surface area contributed by atoms with Crippen molar-refractivity contribution in [2.24, 2.45) is 0 Å². The Morgan fingerprint density at radius 1 is 1.29 bits per heavy atom. The van der Waals surface area contributed by atoms with Crippen molar-refractivity contribution >= 4 is 40.7 Å². The maximum Gasteiger partial charge on any atom is 0.254 e. The number of rotatable bonds is 2. The predicted molar refractivity (Wildman–Crippen MR) is 69.0 cm³/mol. The molecule has 1 aromatic heterocycles. The number of nitrogen functional groups attached to an aromatic ring is 1. The summed E-state index contributed by atoms with van der Waals surface area (Å²) < 4.78 is 0. The lowest BCUT2D eigenvalue weighted by Crippen LogP contribution is -2.11. The SMILES string of the molecule is Nc1cc(=O)[nH]c(Nc2ccc(Cl)cc2Cl)n1. The molecule has 1 heterocycles. The fourth-order valence-corrected chi connectivity index (χ4v) is 1.71. The van der Waals surface area contributed by atoms with Gasteiger partial charge in [-0.2, -0.15) is 4.98 Å². The highest BCUT2D eigenvalue weighted by Gasteiger charge is 2.04. The van der Waals surface area contributed by atoms with Crippen molar-refractivity contribution in [2.75, 3.05) is 11.1 Å². The lowest BCUT2D eigenvalue weighted by Gasteiger charge is -2.07. The lowest BCUT2D eigenvalue weighted by atomic mass is 10.3. The second-order valence-electron chi connectivity index (χ2n) is 3.27. The third kappa shape index (κ3) is 2.89. The van der Waals surface area contributed by atoms with E-state index < -0.39 is 0 Å². The number of aromatic amines is 1. The molecule has 2 aromatic rings. The van der Waals surface area contributed by atoms with E-state index in [0.29, 0.717) is 15.7 Å². The molecule has 0 radical (unpaired) electrons. The molecule has 2 rings (SSSR count). The molecule has 0 aliphatic rings. The van der Waals surface area contributed by atoms with Gasteiger partial charge >= 0.3 is 0 Å². The van der Waals surface area contributed by atoms with Gasteiger partial charge < -0.3 is 11.1 Å². The van der Waals surface area contributed by atoms with Crippen molar-refractivity contribution < 1.29 is 0 Å². The molecule has 0 saturated carbocycles. The maximum atomic E-state index is 11.2. The van der Waals surface area contributed by atoms with Gasteiger partial charge in [0, 0.05) is 11.1 Å². The van der Waals surface area contributed by atoms with Crippen LogP contribution in [0.3, 0.4) is 0 Å². The van der Waals surface area contributed by atoms with Crippen LogP contribution < -0.4 is 16.6 Å². The summed E-state index contributed by atoms with van der Waals surface area (Å²) in [7, 11) is 0. The van der Waals surface area contributed by atoms with Crippen molar-refractivity contribution in [1.82, 2.24) is 9.97 Å². The molecule has 17 heavy (non-hydrogen) atoms. The van der Waals surface area contributed by atoms with E-state index in [1.807, 2.05) is 0 Å². The molecule has 1 aromatic carbocycles. The quantitative estimate of drug-likeness (QED) is 0.783. The first-order valence-corrected chi connectivity index (χ1v) is 5.39. The van der Waals surface area contributed by atoms with Crippen molar-refractivity contribution in [3.05, 3.63) is 44.7 Å². The van der Waals surface area contributed by atoms with Gasteiger partial charge in [-0.15, -0.1) is 0 Å². The molecule has 0 bridgehead atoms. The molecule has 7 heteroatoms. The fraction of sp³-hybridized carbons (Fsp3) is 0. The van der Waals surface area contributed by atoms with Crippen molar-refractivity contribution in [2.45, 2.75) is 0 Å². The van der Waals surface area contributed by atoms with Crippen LogP contribution in [0.15, 0.2) is 29.1 Å². The number of hydrogen-bond donors (Lipinski definition) is 3. The number of nitrogens with two attached hydrogens (primary N) is 1. The molecule has 4 N–H and O–H groups in total. The number of hydrogen-bond acceptors (Lipinski definition) is 4. The summed E-state index contributed by atoms with van der Waals surface area (Å²) >= 11 is 11.7. The van der Waals surface area contributed by atoms with Gasteiger partial charge in [-0.05, 0) is 18.2 Å². The number of nitrogens with zero attached hydrogens (tertiary/aromatic N) is 1. The average molecular weight is 271 g/mol. The molecular formula is C10H8Cl2N4O. The van der Waals surface area contributed by atoms with Crippen LogP contribution in [0.2, 0.25) is 10.0 Å². The number of halogens is 2. The van der Waals surface area contributed by atoms with Crippen LogP contribution in [0.5, 0.6) is 0 Å². The number of nitrogens with one attached hydrogen (secondary N) is 2. The highest BCUT2D eigenvalue weighted by atomic mass is 35.5. The van der Waals surface area contributed by atoms with Gasteiger partial charge in [-0.1, -0.05) is 23.2 Å². The highest BCUT2D eigenvalue weighted by molar-refractivity contribution is 6.36. The molecule has 88 valence electrons. The first kappa shape index (κ1) is 11.8. The number of H-pyrrole nitrogens is 1. The van der Waals surface area contributed by atoms with Crippen LogP contribution in [0.25, 0.3) is 0 Å². The Kier molecular flexibility index (Phi) is 3.21. The third-order valence-electron chi connectivity index (χ3n) is 1.95. The van der Waals surface area contributed by atoms with Crippen LogP contribution in [-0.2, 0) is 0 Å². The van der Waals surface area contributed by atoms with Crippen molar-refractivity contribution in [3.8, 4) is 0 Å². The van der Waals surface area contributed by atoms with Crippen LogP contribution in [-0.4, -0.2) is 9.97 Å². The minimum atomic E-state index is -0.343. The Balaban J connectivity index is 2.34. The van der Waals surface area contributed by atoms with Crippen LogP contribution in [0, 0.1) is 0 Å². The molecule has 0 spiro atoms. The smallest absolute Gasteiger partial charge is 0.254 e. The summed E-state index contributed by atoms with van der Waals surface area (Å²) in [5.74, 6) is 0.348. The minimum absolute atomic E-state index is 0.126. The van der Waals surface area contributed by atoms with Gasteiger partial charge in [-0.25, -0.2) is 0 Å². The summed E-state index contributed by atoms with van der Waals surface area (Å²) in [4.78, 5) is 17.6. The summed E-state index contributed by atoms with van der Waals surface area (Å²) in [6.45, 7) is 0. The standard InChI is InChI=1S/C10H8Cl2N4O/c11-5-1-2-7(6(12)3-5)14-10-15-8(13)4-9(17)16-10/h1-4H,(H4,13,14,15,16,17). The van der Waals surface area contributed by atoms with E-state index in [4.69, 9.17) is 28.9 Å². The first-order valence-electron chi connectivity index (χ1n) is 4.63. The topological polar surface area (TPSA) is 83.8 Å². The van der Waals surface area contributed by atoms with Crippen molar-refractivity contribution in [1.29, 1.82) is 0 Å². The Morgan fingerprint density at radius 2 is 2.06 bits per heavy atom. The number of aromatic nitrogens is 2. The van der Waals surface area contributed by atoms with Gasteiger partial charge in [0.05, 0.1) is 10.7 Å². The summed E-state index contributed by atoms with van der Waals surface area (Å²) in [5, 5.41) is 3.79. The molecule has 0 aliphatic carbocycles. The molecule has 0 atom stereocenters. The molecule has 0 fully saturated rings. The molecular weight excluding hydrogens is 263 g/mol. The summed E-state index contributed by atoms with van der Waals surface area (Å²) in [5.41, 5.74) is 5.68. The van der Waals surface area contributed by atoms with Gasteiger partial charge in [0.15, 0.2) is 0 Å². The Bertz CT molecular complexity index is 611. The van der Waals surface area contributed by atoms with Crippen molar-refractivity contribution in [3.63, 3.8) is 0 Å². The second-order valence-corrected chi connectivity index (χ2v) is 4.11. The largest absolute Gasteiger partial charge is 0.383 e. The minimum Gasteiger partial charge on any atom is -0.383 e. The summed E-state index contributed by atoms with van der Waals surface area (Å²) in [6.07, 6.45) is 0. The average Bonchev–Trinajstić information content (AvgIpc) is 2.21. The zero-order chi connectivity index (χ0) is 12.4. The highest BCUT2D eigenvalue weighted by Crippen LogP contribution is 2.26. The Morgan fingerprint density at radius 3 is 2.71 bits per heavy atom. The van der Waals surface area contributed by atoms with Gasteiger partial charge in [-0.3, -0.25) is 9.78 Å². The molecule has 0 aliphatic heterocycles. The van der Waals surface area contributed by atoms with Crippen LogP contribution in [0.4, 0.5) is 17.5 Å². The van der Waals surface area contributed by atoms with E-state index in [9.17, 15) is 4.79 Å². The number of anilines is 3. The van der Waals surface area contributed by atoms with Crippen LogP contribution in [0.1, 0.15) is 0 Å². The van der Waals surface area contributed by atoms with E-state index in [1.165, 1.54) is 6.07 Å². The maximum absolute atomic E-state index is 11.2. The zero-order valence-corrected chi connectivity index (χ0v) is 10.0. The van der Waals surface area contributed by atoms with E-state index in [2.05, 4.69) is 15.3 Å². The fourth-order valence-electron chi connectivity index (χ4n) is 1.25. The predicted octanol–water partition coefficient (Wildman–Crippen LogP) is 2.40. The monoisotopic (exact) mass is 270 g/mol. The van der Waals surface area contributed by atoms with E-state index in [1.54, 1.807) is 18.2 Å². The van der Waals surface area contributed by atoms with E-state index >= 15 is 0 Å². The molecule has 0 saturated heterocycles. The Hall–Kier alpha value is -1.72. The number of benzene rings is 1. The van der Waals surface area contributed by atoms with E-state index in [0.717, 1.165) is 0 Å². The summed E-state index contributed by atoms with van der Waals surface area (Å²) in [6, 6.07) is 6.11. The molecule has 5 nitrogen and oxygen atoms in total. The molecule has 0 unspecified atom stereocenters. The van der Waals surface area contributed by atoms with E-state index in [-0.39, 0.29) is 17.3 Å². The lowest BCUT2D eigenvalue weighted by molar-refractivity contribution is 1.13.